The van der Waals surface area contributed by atoms with Gasteiger partial charge in [-0.15, -0.1) is 0 Å². The molecule has 33 heavy (non-hydrogen) atoms. The molecule has 0 spiro atoms. The van der Waals surface area contributed by atoms with E-state index in [2.05, 4.69) is 10.0 Å². The molecule has 0 aliphatic rings. The maximum absolute atomic E-state index is 13.3. The zero-order chi connectivity index (χ0) is 24.0. The molecule has 3 rings (SSSR count). The average molecular weight is 487 g/mol. The maximum atomic E-state index is 13.3. The Hall–Kier alpha value is -2.87. The number of methoxy groups -OCH3 is 1. The van der Waals surface area contributed by atoms with Gasteiger partial charge in [-0.1, -0.05) is 60.1 Å². The number of benzene rings is 3. The van der Waals surface area contributed by atoms with Gasteiger partial charge in [0.2, 0.25) is 15.9 Å². The lowest BCUT2D eigenvalue weighted by Crippen LogP contribution is -2.48. The quantitative estimate of drug-likeness (QED) is 0.468. The highest BCUT2D eigenvalue weighted by molar-refractivity contribution is 7.89. The lowest BCUT2D eigenvalue weighted by Gasteiger charge is -2.22. The van der Waals surface area contributed by atoms with E-state index in [9.17, 15) is 13.2 Å². The van der Waals surface area contributed by atoms with Crippen molar-refractivity contribution in [3.8, 4) is 5.75 Å². The predicted molar refractivity (Wildman–Crippen MR) is 130 cm³/mol. The predicted octanol–water partition coefficient (Wildman–Crippen LogP) is 4.42. The maximum Gasteiger partial charge on any atom is 0.244 e. The van der Waals surface area contributed by atoms with E-state index in [1.165, 1.54) is 13.2 Å². The van der Waals surface area contributed by atoms with Gasteiger partial charge >= 0.3 is 0 Å². The van der Waals surface area contributed by atoms with Crippen molar-refractivity contribution in [1.82, 2.24) is 10.0 Å². The molecule has 0 fully saturated rings. The van der Waals surface area contributed by atoms with Crippen LogP contribution in [0.15, 0.2) is 77.7 Å². The Balaban J connectivity index is 1.88. The van der Waals surface area contributed by atoms with E-state index in [0.717, 1.165) is 16.7 Å². The molecule has 0 bridgehead atoms. The first-order valence-electron chi connectivity index (χ1n) is 10.5. The van der Waals surface area contributed by atoms with Crippen molar-refractivity contribution >= 4 is 27.5 Å². The summed E-state index contributed by atoms with van der Waals surface area (Å²) in [7, 11) is -2.64. The molecule has 0 aliphatic carbocycles. The molecule has 3 aromatic rings. The normalized spacial score (nSPS) is 13.2. The van der Waals surface area contributed by atoms with Crippen molar-refractivity contribution in [1.29, 1.82) is 0 Å². The zero-order valence-corrected chi connectivity index (χ0v) is 20.3. The molecule has 2 N–H and O–H groups in total. The van der Waals surface area contributed by atoms with Crippen LogP contribution in [-0.4, -0.2) is 27.5 Å². The van der Waals surface area contributed by atoms with Gasteiger partial charge in [-0.05, 0) is 61.2 Å². The number of nitrogens with one attached hydrogen (secondary N) is 2. The second kappa shape index (κ2) is 10.8. The lowest BCUT2D eigenvalue weighted by atomic mass is 10.0. The number of hydrogen-bond donors (Lipinski definition) is 2. The highest BCUT2D eigenvalue weighted by Gasteiger charge is 2.29. The minimum Gasteiger partial charge on any atom is -0.495 e. The summed E-state index contributed by atoms with van der Waals surface area (Å²) in [5.41, 5.74) is 2.45. The standard InChI is InChI=1S/C25H27ClN2O4S/c1-17-9-14-23(32-3)24(15-17)33(30,31)28-22(16-19-7-5-4-6-8-19)25(29)27-18(2)20-10-12-21(26)13-11-20/h4-15,18,22,28H,16H2,1-3H3,(H,27,29)/t18-,22-/m0/s1. The summed E-state index contributed by atoms with van der Waals surface area (Å²) < 4.78 is 34.4. The van der Waals surface area contributed by atoms with E-state index in [-0.39, 0.29) is 23.1 Å². The summed E-state index contributed by atoms with van der Waals surface area (Å²) in [5, 5.41) is 3.51. The van der Waals surface area contributed by atoms with Crippen molar-refractivity contribution < 1.29 is 17.9 Å². The molecule has 8 heteroatoms. The molecule has 3 aromatic carbocycles. The summed E-state index contributed by atoms with van der Waals surface area (Å²) in [6.45, 7) is 3.62. The second-order valence-corrected chi connectivity index (χ2v) is 9.92. The lowest BCUT2D eigenvalue weighted by molar-refractivity contribution is -0.123. The number of sulfonamides is 1. The molecule has 0 heterocycles. The van der Waals surface area contributed by atoms with Crippen molar-refractivity contribution in [3.05, 3.63) is 94.5 Å². The molecular formula is C25H27ClN2O4S. The van der Waals surface area contributed by atoms with Crippen LogP contribution in [0.1, 0.15) is 29.7 Å². The van der Waals surface area contributed by atoms with Crippen LogP contribution in [-0.2, 0) is 21.2 Å². The zero-order valence-electron chi connectivity index (χ0n) is 18.7. The molecule has 6 nitrogen and oxygen atoms in total. The van der Waals surface area contributed by atoms with Crippen molar-refractivity contribution in [2.24, 2.45) is 0 Å². The van der Waals surface area contributed by atoms with Crippen LogP contribution in [0.25, 0.3) is 0 Å². The van der Waals surface area contributed by atoms with Crippen LogP contribution in [0.2, 0.25) is 5.02 Å². The molecule has 1 amide bonds. The number of ether oxygens (including phenoxy) is 1. The number of halogens is 1. The van der Waals surface area contributed by atoms with Gasteiger partial charge in [-0.3, -0.25) is 4.79 Å². The molecule has 0 aromatic heterocycles. The molecule has 0 saturated heterocycles. The first-order chi connectivity index (χ1) is 15.7. The van der Waals surface area contributed by atoms with Crippen LogP contribution in [0.5, 0.6) is 5.75 Å². The molecule has 0 saturated carbocycles. The molecule has 2 atom stereocenters. The van der Waals surface area contributed by atoms with Gasteiger partial charge in [-0.2, -0.15) is 4.72 Å². The number of aryl methyl sites for hydroxylation is 1. The Bertz CT molecular complexity index is 1200. The summed E-state index contributed by atoms with van der Waals surface area (Å²) in [6, 6.07) is 19.9. The minimum atomic E-state index is -4.05. The van der Waals surface area contributed by atoms with Gasteiger partial charge in [0, 0.05) is 5.02 Å². The number of carbonyl (C=O) groups excluding carboxylic acids is 1. The van der Waals surface area contributed by atoms with Crippen molar-refractivity contribution in [3.63, 3.8) is 0 Å². The fourth-order valence-corrected chi connectivity index (χ4v) is 5.01. The summed E-state index contributed by atoms with van der Waals surface area (Å²) >= 11 is 5.96. The smallest absolute Gasteiger partial charge is 0.244 e. The molecular weight excluding hydrogens is 460 g/mol. The summed E-state index contributed by atoms with van der Waals surface area (Å²) in [5.74, 6) is -0.224. The van der Waals surface area contributed by atoms with Crippen LogP contribution >= 0.6 is 11.6 Å². The van der Waals surface area contributed by atoms with Crippen LogP contribution < -0.4 is 14.8 Å². The Morgan fingerprint density at radius 2 is 1.70 bits per heavy atom. The van der Waals surface area contributed by atoms with E-state index in [1.807, 2.05) is 49.4 Å². The topological polar surface area (TPSA) is 84.5 Å². The van der Waals surface area contributed by atoms with Gasteiger partial charge in [-0.25, -0.2) is 8.42 Å². The van der Waals surface area contributed by atoms with Crippen molar-refractivity contribution in [2.75, 3.05) is 7.11 Å². The Labute approximate surface area is 200 Å². The fraction of sp³-hybridized carbons (Fsp3) is 0.240. The molecule has 0 radical (unpaired) electrons. The Morgan fingerprint density at radius 1 is 1.03 bits per heavy atom. The first kappa shape index (κ1) is 24.8. The third-order valence-electron chi connectivity index (χ3n) is 5.23. The van der Waals surface area contributed by atoms with Gasteiger partial charge in [0.25, 0.3) is 0 Å². The third kappa shape index (κ3) is 6.57. The number of hydrogen-bond acceptors (Lipinski definition) is 4. The van der Waals surface area contributed by atoms with Gasteiger partial charge in [0.1, 0.15) is 16.7 Å². The van der Waals surface area contributed by atoms with E-state index in [0.29, 0.717) is 5.02 Å². The van der Waals surface area contributed by atoms with Gasteiger partial charge < -0.3 is 10.1 Å². The third-order valence-corrected chi connectivity index (χ3v) is 6.98. The van der Waals surface area contributed by atoms with Crippen LogP contribution in [0.3, 0.4) is 0 Å². The number of rotatable bonds is 9. The molecule has 0 unspecified atom stereocenters. The SMILES string of the molecule is COc1ccc(C)cc1S(=O)(=O)N[C@@H](Cc1ccccc1)C(=O)N[C@@H](C)c1ccc(Cl)cc1. The largest absolute Gasteiger partial charge is 0.495 e. The first-order valence-corrected chi connectivity index (χ1v) is 12.3. The summed E-state index contributed by atoms with van der Waals surface area (Å²) in [6.07, 6.45) is 0.188. The number of carbonyl (C=O) groups is 1. The highest BCUT2D eigenvalue weighted by Crippen LogP contribution is 2.25. The minimum absolute atomic E-state index is 0.0124. The molecule has 174 valence electrons. The van der Waals surface area contributed by atoms with Crippen molar-refractivity contribution in [2.45, 2.75) is 37.2 Å². The van der Waals surface area contributed by atoms with E-state index in [1.54, 1.807) is 31.2 Å². The highest BCUT2D eigenvalue weighted by atomic mass is 35.5. The van der Waals surface area contributed by atoms with Crippen LogP contribution in [0.4, 0.5) is 0 Å². The second-order valence-electron chi connectivity index (χ2n) is 7.80. The van der Waals surface area contributed by atoms with Crippen LogP contribution in [0, 0.1) is 6.92 Å². The monoisotopic (exact) mass is 486 g/mol. The average Bonchev–Trinajstić information content (AvgIpc) is 2.79. The Morgan fingerprint density at radius 3 is 2.33 bits per heavy atom. The van der Waals surface area contributed by atoms with Gasteiger partial charge in [0.05, 0.1) is 13.2 Å². The van der Waals surface area contributed by atoms with Gasteiger partial charge in [0.15, 0.2) is 0 Å². The fourth-order valence-electron chi connectivity index (χ4n) is 3.43. The van der Waals surface area contributed by atoms with E-state index < -0.39 is 22.0 Å². The van der Waals surface area contributed by atoms with E-state index in [4.69, 9.17) is 16.3 Å². The Kier molecular flexibility index (Phi) is 8.13. The molecule has 0 aliphatic heterocycles. The number of amides is 1. The van der Waals surface area contributed by atoms with E-state index >= 15 is 0 Å². The summed E-state index contributed by atoms with van der Waals surface area (Å²) in [4.78, 5) is 13.2.